The largest absolute Gasteiger partial charge is 0.340 e. The van der Waals surface area contributed by atoms with Gasteiger partial charge in [-0.2, -0.15) is 10.2 Å². The van der Waals surface area contributed by atoms with E-state index < -0.39 is 9.84 Å². The molecule has 8 nitrogen and oxygen atoms in total. The topological polar surface area (TPSA) is 101 Å². The lowest BCUT2D eigenvalue weighted by Crippen LogP contribution is -2.41. The maximum Gasteiger partial charge on any atom is 0.244 e. The van der Waals surface area contributed by atoms with E-state index in [0.29, 0.717) is 18.8 Å². The van der Waals surface area contributed by atoms with Gasteiger partial charge in [0.15, 0.2) is 9.84 Å². The zero-order valence-corrected chi connectivity index (χ0v) is 13.7. The number of hydrogen-bond donors (Lipinski definition) is 1. The highest BCUT2D eigenvalue weighted by Crippen LogP contribution is 2.29. The van der Waals surface area contributed by atoms with E-state index >= 15 is 0 Å². The summed E-state index contributed by atoms with van der Waals surface area (Å²) < 4.78 is 25.3. The van der Waals surface area contributed by atoms with Crippen LogP contribution in [0.3, 0.4) is 0 Å². The summed E-state index contributed by atoms with van der Waals surface area (Å²) in [5, 5.41) is 10.7. The van der Waals surface area contributed by atoms with Gasteiger partial charge in [-0.15, -0.1) is 0 Å². The third kappa shape index (κ3) is 3.44. The Morgan fingerprint density at radius 2 is 2.30 bits per heavy atom. The van der Waals surface area contributed by atoms with E-state index in [1.807, 2.05) is 0 Å². The maximum absolute atomic E-state index is 12.4. The van der Waals surface area contributed by atoms with Crippen LogP contribution in [0, 0.1) is 0 Å². The van der Waals surface area contributed by atoms with Crippen molar-refractivity contribution in [1.29, 1.82) is 0 Å². The normalized spacial score (nSPS) is 19.0. The third-order valence-electron chi connectivity index (χ3n) is 4.07. The predicted octanol–water partition coefficient (Wildman–Crippen LogP) is 0.416. The van der Waals surface area contributed by atoms with E-state index in [-0.39, 0.29) is 23.3 Å². The highest BCUT2D eigenvalue weighted by atomic mass is 32.2. The number of hydrogen-bond acceptors (Lipinski definition) is 5. The molecule has 1 fully saturated rings. The number of H-pyrrole nitrogens is 1. The Morgan fingerprint density at radius 3 is 3.00 bits per heavy atom. The summed E-state index contributed by atoms with van der Waals surface area (Å²) in [6.45, 7) is 1.37. The molecular formula is C14H19N5O3S. The average molecular weight is 337 g/mol. The third-order valence-corrected chi connectivity index (χ3v) is 5.19. The van der Waals surface area contributed by atoms with Crippen LogP contribution in [0.2, 0.25) is 0 Å². The van der Waals surface area contributed by atoms with Gasteiger partial charge in [-0.25, -0.2) is 8.42 Å². The number of amides is 1. The number of aromatic amines is 1. The number of nitrogens with one attached hydrogen (secondary N) is 1. The highest BCUT2D eigenvalue weighted by molar-refractivity contribution is 7.90. The minimum absolute atomic E-state index is 0.0150. The Kier molecular flexibility index (Phi) is 4.20. The molecule has 0 aromatic carbocycles. The monoisotopic (exact) mass is 337 g/mol. The Hall–Kier alpha value is -2.16. The minimum Gasteiger partial charge on any atom is -0.340 e. The van der Waals surface area contributed by atoms with E-state index in [1.165, 1.54) is 12.5 Å². The van der Waals surface area contributed by atoms with Crippen LogP contribution in [0.15, 0.2) is 29.6 Å². The molecule has 3 rings (SSSR count). The molecule has 0 spiro atoms. The fourth-order valence-electron chi connectivity index (χ4n) is 2.94. The molecule has 1 aliphatic rings. The average Bonchev–Trinajstić information content (AvgIpc) is 3.18. The molecule has 124 valence electrons. The van der Waals surface area contributed by atoms with E-state index in [0.717, 1.165) is 12.8 Å². The molecular weight excluding hydrogens is 318 g/mol. The van der Waals surface area contributed by atoms with Crippen molar-refractivity contribution in [1.82, 2.24) is 24.9 Å². The molecule has 1 atom stereocenters. The van der Waals surface area contributed by atoms with Gasteiger partial charge in [-0.05, 0) is 18.9 Å². The van der Waals surface area contributed by atoms with Crippen molar-refractivity contribution in [3.05, 3.63) is 30.4 Å². The van der Waals surface area contributed by atoms with Crippen molar-refractivity contribution in [2.75, 3.05) is 19.3 Å². The lowest BCUT2D eigenvalue weighted by molar-refractivity contribution is -0.133. The highest BCUT2D eigenvalue weighted by Gasteiger charge is 2.29. The standard InChI is InChI=1S/C14H19N5O3S/c1-23(21,22)12-8-15-17-14(12)11-4-2-6-18(9-11)13(20)10-19-7-3-5-16-19/h3,5,7-8,11H,2,4,6,9-10H2,1H3,(H,15,17)/t11-/m0/s1. The van der Waals surface area contributed by atoms with Crippen molar-refractivity contribution in [2.24, 2.45) is 0 Å². The molecule has 3 heterocycles. The second-order valence-corrected chi connectivity index (χ2v) is 7.79. The summed E-state index contributed by atoms with van der Waals surface area (Å²) in [6, 6.07) is 1.77. The summed E-state index contributed by atoms with van der Waals surface area (Å²) in [4.78, 5) is 14.4. The smallest absolute Gasteiger partial charge is 0.244 e. The first-order valence-electron chi connectivity index (χ1n) is 7.43. The summed E-state index contributed by atoms with van der Waals surface area (Å²) in [5.74, 6) is -0.0589. The zero-order valence-electron chi connectivity index (χ0n) is 12.8. The number of nitrogens with zero attached hydrogens (tertiary/aromatic N) is 4. The molecule has 1 saturated heterocycles. The quantitative estimate of drug-likeness (QED) is 0.871. The molecule has 2 aromatic rings. The number of carbonyl (C=O) groups is 1. The van der Waals surface area contributed by atoms with Crippen LogP contribution < -0.4 is 0 Å². The summed E-state index contributed by atoms with van der Waals surface area (Å²) in [5.41, 5.74) is 0.601. The molecule has 0 radical (unpaired) electrons. The number of piperidine rings is 1. The van der Waals surface area contributed by atoms with Crippen LogP contribution in [0.1, 0.15) is 24.5 Å². The molecule has 0 aliphatic carbocycles. The van der Waals surface area contributed by atoms with Crippen LogP contribution in [0.4, 0.5) is 0 Å². The lowest BCUT2D eigenvalue weighted by atomic mass is 9.95. The van der Waals surface area contributed by atoms with Crippen LogP contribution in [-0.2, 0) is 21.2 Å². The Labute approximate surface area is 134 Å². The van der Waals surface area contributed by atoms with Crippen molar-refractivity contribution in [2.45, 2.75) is 30.2 Å². The lowest BCUT2D eigenvalue weighted by Gasteiger charge is -2.32. The van der Waals surface area contributed by atoms with Gasteiger partial charge in [0.2, 0.25) is 5.91 Å². The van der Waals surface area contributed by atoms with Gasteiger partial charge < -0.3 is 4.90 Å². The number of likely N-dealkylation sites (tertiary alicyclic amines) is 1. The molecule has 9 heteroatoms. The van der Waals surface area contributed by atoms with E-state index in [4.69, 9.17) is 0 Å². The Morgan fingerprint density at radius 1 is 1.48 bits per heavy atom. The SMILES string of the molecule is CS(=O)(=O)c1cn[nH]c1[C@H]1CCCN(C(=O)Cn2cccn2)C1. The fraction of sp³-hybridized carbons (Fsp3) is 0.500. The van der Waals surface area contributed by atoms with Gasteiger partial charge in [0, 0.05) is 37.7 Å². The van der Waals surface area contributed by atoms with Crippen LogP contribution >= 0.6 is 0 Å². The number of carbonyl (C=O) groups excluding carboxylic acids is 1. The molecule has 0 bridgehead atoms. The van der Waals surface area contributed by atoms with Crippen molar-refractivity contribution >= 4 is 15.7 Å². The van der Waals surface area contributed by atoms with Crippen LogP contribution in [0.5, 0.6) is 0 Å². The summed E-state index contributed by atoms with van der Waals surface area (Å²) in [6.07, 6.45) is 7.55. The first-order valence-corrected chi connectivity index (χ1v) is 9.33. The van der Waals surface area contributed by atoms with Gasteiger partial charge in [0.25, 0.3) is 0 Å². The first kappa shape index (κ1) is 15.7. The van der Waals surface area contributed by atoms with Gasteiger partial charge >= 0.3 is 0 Å². The van der Waals surface area contributed by atoms with Crippen molar-refractivity contribution in [3.8, 4) is 0 Å². The van der Waals surface area contributed by atoms with Gasteiger partial charge in [-0.3, -0.25) is 14.6 Å². The predicted molar refractivity (Wildman–Crippen MR) is 82.5 cm³/mol. The summed E-state index contributed by atoms with van der Waals surface area (Å²) in [7, 11) is -3.33. The molecule has 2 aromatic heterocycles. The molecule has 1 N–H and O–H groups in total. The van der Waals surface area contributed by atoms with Crippen LogP contribution in [-0.4, -0.2) is 58.5 Å². The van der Waals surface area contributed by atoms with Gasteiger partial charge in [0.1, 0.15) is 11.4 Å². The fourth-order valence-corrected chi connectivity index (χ4v) is 3.80. The molecule has 0 saturated carbocycles. The first-order chi connectivity index (χ1) is 10.9. The van der Waals surface area contributed by atoms with E-state index in [2.05, 4.69) is 15.3 Å². The zero-order chi connectivity index (χ0) is 16.4. The molecule has 1 amide bonds. The Bertz CT molecular complexity index is 781. The molecule has 23 heavy (non-hydrogen) atoms. The van der Waals surface area contributed by atoms with E-state index in [9.17, 15) is 13.2 Å². The summed E-state index contributed by atoms with van der Waals surface area (Å²) >= 11 is 0. The number of aromatic nitrogens is 4. The van der Waals surface area contributed by atoms with E-state index in [1.54, 1.807) is 28.0 Å². The minimum atomic E-state index is -3.33. The van der Waals surface area contributed by atoms with Crippen LogP contribution in [0.25, 0.3) is 0 Å². The van der Waals surface area contributed by atoms with Gasteiger partial charge in [-0.1, -0.05) is 0 Å². The number of sulfone groups is 1. The molecule has 0 unspecified atom stereocenters. The second kappa shape index (κ2) is 6.15. The Balaban J connectivity index is 1.74. The van der Waals surface area contributed by atoms with Crippen molar-refractivity contribution in [3.63, 3.8) is 0 Å². The number of rotatable bonds is 4. The second-order valence-electron chi connectivity index (χ2n) is 5.80. The van der Waals surface area contributed by atoms with Crippen molar-refractivity contribution < 1.29 is 13.2 Å². The van der Waals surface area contributed by atoms with Gasteiger partial charge in [0.05, 0.1) is 11.9 Å². The maximum atomic E-state index is 12.4. The molecule has 1 aliphatic heterocycles.